The summed E-state index contributed by atoms with van der Waals surface area (Å²) >= 11 is 0. The summed E-state index contributed by atoms with van der Waals surface area (Å²) in [6.07, 6.45) is 0.559. The molecule has 3 heteroatoms. The fourth-order valence-electron chi connectivity index (χ4n) is 1.18. The second kappa shape index (κ2) is 5.49. The Morgan fingerprint density at radius 1 is 1.42 bits per heavy atom. The van der Waals surface area contributed by atoms with Crippen LogP contribution in [0.3, 0.4) is 0 Å². The molecule has 0 atom stereocenters. The first kappa shape index (κ1) is 11.8. The van der Waals surface area contributed by atoms with Crippen LogP contribution in [0.2, 0.25) is 0 Å². The van der Waals surface area contributed by atoms with Crippen molar-refractivity contribution in [1.29, 1.82) is 0 Å². The number of alkyl halides is 1. The lowest BCUT2D eigenvalue weighted by molar-refractivity contribution is 0.0370. The summed E-state index contributed by atoms with van der Waals surface area (Å²) in [5.41, 5.74) is -0.674. The van der Waals surface area contributed by atoms with Gasteiger partial charge in [0.1, 0.15) is 0 Å². The first-order chi connectivity index (χ1) is 5.49. The Morgan fingerprint density at radius 2 is 2.00 bits per heavy atom. The molecule has 1 N–H and O–H groups in total. The molecule has 0 heterocycles. The summed E-state index contributed by atoms with van der Waals surface area (Å²) in [6.45, 7) is 7.49. The van der Waals surface area contributed by atoms with Crippen LogP contribution in [0.5, 0.6) is 0 Å². The van der Waals surface area contributed by atoms with Gasteiger partial charge in [0.2, 0.25) is 0 Å². The summed E-state index contributed by atoms with van der Waals surface area (Å²) in [5.74, 6) is 0. The fraction of sp³-hybridized carbons (Fsp3) is 1.00. The maximum Gasteiger partial charge on any atom is 0.0906 e. The summed E-state index contributed by atoms with van der Waals surface area (Å²) in [7, 11) is 0. The normalized spacial score (nSPS) is 12.5. The molecule has 0 aromatic carbocycles. The van der Waals surface area contributed by atoms with E-state index in [0.29, 0.717) is 13.0 Å². The van der Waals surface area contributed by atoms with Crippen molar-refractivity contribution in [3.63, 3.8) is 0 Å². The average Bonchev–Trinajstić information content (AvgIpc) is 1.95. The number of halogens is 1. The monoisotopic (exact) mass is 177 g/mol. The van der Waals surface area contributed by atoms with Gasteiger partial charge >= 0.3 is 0 Å². The first-order valence-electron chi connectivity index (χ1n) is 4.50. The SMILES string of the molecule is CCN(CCCF)CC(C)(C)O. The van der Waals surface area contributed by atoms with Gasteiger partial charge in [0.25, 0.3) is 0 Å². The lowest BCUT2D eigenvalue weighted by Crippen LogP contribution is -2.39. The lowest BCUT2D eigenvalue weighted by atomic mass is 10.1. The van der Waals surface area contributed by atoms with Gasteiger partial charge in [-0.1, -0.05) is 6.92 Å². The van der Waals surface area contributed by atoms with Gasteiger partial charge in [-0.15, -0.1) is 0 Å². The Bertz CT molecular complexity index is 112. The zero-order valence-corrected chi connectivity index (χ0v) is 8.31. The number of hydrogen-bond acceptors (Lipinski definition) is 2. The van der Waals surface area contributed by atoms with E-state index in [1.54, 1.807) is 13.8 Å². The number of rotatable bonds is 6. The smallest absolute Gasteiger partial charge is 0.0906 e. The zero-order valence-electron chi connectivity index (χ0n) is 8.31. The molecule has 0 aliphatic rings. The van der Waals surface area contributed by atoms with E-state index in [9.17, 15) is 9.50 Å². The van der Waals surface area contributed by atoms with Crippen molar-refractivity contribution in [2.24, 2.45) is 0 Å². The van der Waals surface area contributed by atoms with Crippen molar-refractivity contribution in [3.8, 4) is 0 Å². The molecule has 0 spiro atoms. The van der Waals surface area contributed by atoms with E-state index in [-0.39, 0.29) is 6.67 Å². The van der Waals surface area contributed by atoms with Crippen molar-refractivity contribution < 1.29 is 9.50 Å². The van der Waals surface area contributed by atoms with Crippen molar-refractivity contribution >= 4 is 0 Å². The predicted octanol–water partition coefficient (Wildman–Crippen LogP) is 1.44. The minimum absolute atomic E-state index is 0.275. The number of nitrogens with zero attached hydrogens (tertiary/aromatic N) is 1. The van der Waals surface area contributed by atoms with Crippen molar-refractivity contribution in [1.82, 2.24) is 4.90 Å². The van der Waals surface area contributed by atoms with Crippen LogP contribution in [0.1, 0.15) is 27.2 Å². The maximum atomic E-state index is 11.8. The molecule has 0 aromatic rings. The van der Waals surface area contributed by atoms with Crippen LogP contribution in [0.15, 0.2) is 0 Å². The van der Waals surface area contributed by atoms with E-state index < -0.39 is 5.60 Å². The van der Waals surface area contributed by atoms with Crippen LogP contribution in [0, 0.1) is 0 Å². The summed E-state index contributed by atoms with van der Waals surface area (Å²) in [5, 5.41) is 9.48. The van der Waals surface area contributed by atoms with Gasteiger partial charge in [-0.3, -0.25) is 4.39 Å². The summed E-state index contributed by atoms with van der Waals surface area (Å²) in [6, 6.07) is 0. The predicted molar refractivity (Wildman–Crippen MR) is 49.0 cm³/mol. The third-order valence-corrected chi connectivity index (χ3v) is 1.67. The molecule has 0 saturated carbocycles. The molecule has 0 aliphatic carbocycles. The van der Waals surface area contributed by atoms with Crippen molar-refractivity contribution in [2.75, 3.05) is 26.3 Å². The highest BCUT2D eigenvalue weighted by Crippen LogP contribution is 2.04. The Morgan fingerprint density at radius 3 is 2.33 bits per heavy atom. The molecule has 0 amide bonds. The second-order valence-corrected chi connectivity index (χ2v) is 3.72. The molecule has 0 aromatic heterocycles. The highest BCUT2D eigenvalue weighted by Gasteiger charge is 2.16. The van der Waals surface area contributed by atoms with Crippen molar-refractivity contribution in [2.45, 2.75) is 32.8 Å². The van der Waals surface area contributed by atoms with Crippen LogP contribution >= 0.6 is 0 Å². The fourth-order valence-corrected chi connectivity index (χ4v) is 1.18. The highest BCUT2D eigenvalue weighted by molar-refractivity contribution is 4.71. The molecule has 0 saturated heterocycles. The minimum atomic E-state index is -0.674. The first-order valence-corrected chi connectivity index (χ1v) is 4.50. The average molecular weight is 177 g/mol. The van der Waals surface area contributed by atoms with Gasteiger partial charge in [0.05, 0.1) is 12.3 Å². The van der Waals surface area contributed by atoms with Crippen molar-refractivity contribution in [3.05, 3.63) is 0 Å². The molecule has 0 bridgehead atoms. The maximum absolute atomic E-state index is 11.8. The molecule has 12 heavy (non-hydrogen) atoms. The zero-order chi connectivity index (χ0) is 9.61. The van der Waals surface area contributed by atoms with E-state index in [1.165, 1.54) is 0 Å². The van der Waals surface area contributed by atoms with Gasteiger partial charge in [0, 0.05) is 13.1 Å². The standard InChI is InChI=1S/C9H20FNO/c1-4-11(7-5-6-10)8-9(2,3)12/h12H,4-8H2,1-3H3. The third kappa shape index (κ3) is 6.55. The number of likely N-dealkylation sites (N-methyl/N-ethyl adjacent to an activating group) is 1. The van der Waals surface area contributed by atoms with E-state index in [2.05, 4.69) is 4.90 Å². The summed E-state index contributed by atoms with van der Waals surface area (Å²) in [4.78, 5) is 2.06. The van der Waals surface area contributed by atoms with E-state index in [0.717, 1.165) is 13.1 Å². The van der Waals surface area contributed by atoms with Gasteiger partial charge in [0.15, 0.2) is 0 Å². The quantitative estimate of drug-likeness (QED) is 0.663. The molecular formula is C9H20FNO. The van der Waals surface area contributed by atoms with Crippen LogP contribution in [-0.2, 0) is 0 Å². The molecule has 0 fully saturated rings. The molecule has 74 valence electrons. The van der Waals surface area contributed by atoms with Gasteiger partial charge in [-0.05, 0) is 26.8 Å². The van der Waals surface area contributed by atoms with Crippen LogP contribution in [-0.4, -0.2) is 41.9 Å². The Balaban J connectivity index is 3.67. The van der Waals surface area contributed by atoms with E-state index in [1.807, 2.05) is 6.92 Å². The Kier molecular flexibility index (Phi) is 5.42. The second-order valence-electron chi connectivity index (χ2n) is 3.72. The largest absolute Gasteiger partial charge is 0.389 e. The molecule has 2 nitrogen and oxygen atoms in total. The summed E-state index contributed by atoms with van der Waals surface area (Å²) < 4.78 is 11.8. The number of aliphatic hydroxyl groups is 1. The lowest BCUT2D eigenvalue weighted by Gasteiger charge is -2.27. The Labute approximate surface area is 74.4 Å². The third-order valence-electron chi connectivity index (χ3n) is 1.67. The molecule has 0 aliphatic heterocycles. The topological polar surface area (TPSA) is 23.5 Å². The molecule has 0 unspecified atom stereocenters. The van der Waals surface area contributed by atoms with Gasteiger partial charge in [-0.25, -0.2) is 0 Å². The van der Waals surface area contributed by atoms with Gasteiger partial charge in [-0.2, -0.15) is 0 Å². The Hall–Kier alpha value is -0.150. The molecular weight excluding hydrogens is 157 g/mol. The highest BCUT2D eigenvalue weighted by atomic mass is 19.1. The molecule has 0 rings (SSSR count). The number of hydrogen-bond donors (Lipinski definition) is 1. The van der Waals surface area contributed by atoms with Gasteiger partial charge < -0.3 is 10.0 Å². The van der Waals surface area contributed by atoms with E-state index in [4.69, 9.17) is 0 Å². The molecule has 0 radical (unpaired) electrons. The minimum Gasteiger partial charge on any atom is -0.389 e. The van der Waals surface area contributed by atoms with Crippen LogP contribution in [0.4, 0.5) is 4.39 Å². The van der Waals surface area contributed by atoms with Crippen LogP contribution in [0.25, 0.3) is 0 Å². The van der Waals surface area contributed by atoms with E-state index >= 15 is 0 Å². The van der Waals surface area contributed by atoms with Crippen LogP contribution < -0.4 is 0 Å².